The molecule has 0 spiro atoms. The van der Waals surface area contributed by atoms with Crippen LogP contribution in [0.5, 0.6) is 0 Å². The zero-order valence-electron chi connectivity index (χ0n) is 7.62. The topological polar surface area (TPSA) is 49.3 Å². The second-order valence-electron chi connectivity index (χ2n) is 3.14. The summed E-state index contributed by atoms with van der Waals surface area (Å²) in [6.07, 6.45) is 1.11. The van der Waals surface area contributed by atoms with Gasteiger partial charge in [0.25, 0.3) is 0 Å². The summed E-state index contributed by atoms with van der Waals surface area (Å²) in [6.45, 7) is 0.965. The highest BCUT2D eigenvalue weighted by Gasteiger charge is 2.10. The van der Waals surface area contributed by atoms with E-state index in [-0.39, 0.29) is 0 Å². The molecule has 3 nitrogen and oxygen atoms in total. The van der Waals surface area contributed by atoms with Gasteiger partial charge in [0.05, 0.1) is 5.56 Å². The highest BCUT2D eigenvalue weighted by molar-refractivity contribution is 7.99. The van der Waals surface area contributed by atoms with Gasteiger partial charge in [-0.2, -0.15) is 0 Å². The van der Waals surface area contributed by atoms with Crippen LogP contribution in [0.4, 0.5) is 5.69 Å². The molecular weight excluding hydrogens is 198 g/mol. The lowest BCUT2D eigenvalue weighted by Gasteiger charge is -2.06. The van der Waals surface area contributed by atoms with Crippen LogP contribution < -0.4 is 5.32 Å². The van der Waals surface area contributed by atoms with Gasteiger partial charge in [0.1, 0.15) is 0 Å². The van der Waals surface area contributed by atoms with Gasteiger partial charge in [-0.15, -0.1) is 11.8 Å². The molecule has 0 fully saturated rings. The van der Waals surface area contributed by atoms with Crippen molar-refractivity contribution in [2.75, 3.05) is 17.6 Å². The first-order valence-electron chi connectivity index (χ1n) is 4.51. The smallest absolute Gasteiger partial charge is 0.335 e. The van der Waals surface area contributed by atoms with E-state index in [0.717, 1.165) is 29.3 Å². The Morgan fingerprint density at radius 1 is 1.50 bits per heavy atom. The molecule has 1 aliphatic heterocycles. The normalized spacial score (nSPS) is 15.1. The molecule has 14 heavy (non-hydrogen) atoms. The van der Waals surface area contributed by atoms with Crippen LogP contribution in [0.1, 0.15) is 16.8 Å². The van der Waals surface area contributed by atoms with E-state index in [0.29, 0.717) is 5.56 Å². The van der Waals surface area contributed by atoms with Crippen LogP contribution >= 0.6 is 11.8 Å². The Morgan fingerprint density at radius 2 is 2.36 bits per heavy atom. The average Bonchev–Trinajstić information content (AvgIpc) is 2.41. The second kappa shape index (κ2) is 3.92. The summed E-state index contributed by atoms with van der Waals surface area (Å²) < 4.78 is 0. The quantitative estimate of drug-likeness (QED) is 0.745. The molecule has 0 saturated heterocycles. The molecule has 2 rings (SSSR count). The van der Waals surface area contributed by atoms with Gasteiger partial charge in [-0.3, -0.25) is 0 Å². The van der Waals surface area contributed by atoms with E-state index in [2.05, 4.69) is 5.32 Å². The fraction of sp³-hybridized carbons (Fsp3) is 0.300. The fourth-order valence-corrected chi connectivity index (χ4v) is 2.41. The zero-order chi connectivity index (χ0) is 9.97. The van der Waals surface area contributed by atoms with E-state index >= 15 is 0 Å². The molecule has 0 unspecified atom stereocenters. The minimum atomic E-state index is -0.863. The number of rotatable bonds is 1. The van der Waals surface area contributed by atoms with Crippen LogP contribution in [0, 0.1) is 0 Å². The lowest BCUT2D eigenvalue weighted by atomic mass is 10.2. The van der Waals surface area contributed by atoms with Crippen molar-refractivity contribution in [1.82, 2.24) is 0 Å². The molecule has 0 atom stereocenters. The van der Waals surface area contributed by atoms with Crippen molar-refractivity contribution in [2.45, 2.75) is 11.3 Å². The molecule has 0 bridgehead atoms. The van der Waals surface area contributed by atoms with E-state index in [9.17, 15) is 4.79 Å². The number of benzene rings is 1. The standard InChI is InChI=1S/C10H11NO2S/c12-10(13)7-2-3-8-9(6-7)14-5-1-4-11-8/h2-3,6,11H,1,4-5H2,(H,12,13). The van der Waals surface area contributed by atoms with Gasteiger partial charge in [0.15, 0.2) is 0 Å². The van der Waals surface area contributed by atoms with E-state index in [1.807, 2.05) is 6.07 Å². The van der Waals surface area contributed by atoms with Gasteiger partial charge >= 0.3 is 5.97 Å². The number of nitrogens with one attached hydrogen (secondary N) is 1. The average molecular weight is 209 g/mol. The van der Waals surface area contributed by atoms with Gasteiger partial charge in [0, 0.05) is 17.1 Å². The molecule has 1 heterocycles. The summed E-state index contributed by atoms with van der Waals surface area (Å²) in [6, 6.07) is 5.22. The maximum Gasteiger partial charge on any atom is 0.335 e. The molecule has 74 valence electrons. The van der Waals surface area contributed by atoms with Crippen molar-refractivity contribution in [3.05, 3.63) is 23.8 Å². The Labute approximate surface area is 86.5 Å². The Hall–Kier alpha value is -1.16. The van der Waals surface area contributed by atoms with Gasteiger partial charge in [-0.1, -0.05) is 0 Å². The number of aromatic carboxylic acids is 1. The number of carboxylic acid groups (broad SMARTS) is 1. The lowest BCUT2D eigenvalue weighted by molar-refractivity contribution is 0.0696. The summed E-state index contributed by atoms with van der Waals surface area (Å²) in [4.78, 5) is 11.8. The third-order valence-electron chi connectivity index (χ3n) is 2.12. The van der Waals surface area contributed by atoms with Crippen LogP contribution in [0.3, 0.4) is 0 Å². The number of hydrogen-bond donors (Lipinski definition) is 2. The second-order valence-corrected chi connectivity index (χ2v) is 4.28. The molecule has 0 aromatic heterocycles. The molecule has 1 aromatic rings. The number of thioether (sulfide) groups is 1. The maximum atomic E-state index is 10.7. The summed E-state index contributed by atoms with van der Waals surface area (Å²) >= 11 is 1.72. The molecule has 1 aromatic carbocycles. The molecule has 0 aliphatic carbocycles. The van der Waals surface area contributed by atoms with Crippen LogP contribution in [-0.4, -0.2) is 23.4 Å². The molecule has 0 radical (unpaired) electrons. The molecule has 0 saturated carbocycles. The summed E-state index contributed by atoms with van der Waals surface area (Å²) in [5, 5.41) is 12.1. The van der Waals surface area contributed by atoms with E-state index in [4.69, 9.17) is 5.11 Å². The first-order chi connectivity index (χ1) is 6.77. The summed E-state index contributed by atoms with van der Waals surface area (Å²) in [7, 11) is 0. The van der Waals surface area contributed by atoms with Gasteiger partial charge in [-0.25, -0.2) is 4.79 Å². The van der Waals surface area contributed by atoms with Gasteiger partial charge < -0.3 is 10.4 Å². The SMILES string of the molecule is O=C(O)c1ccc2c(c1)SCCCN2. The van der Waals surface area contributed by atoms with Crippen LogP contribution in [0.2, 0.25) is 0 Å². The minimum absolute atomic E-state index is 0.361. The molecule has 4 heteroatoms. The van der Waals surface area contributed by atoms with Crippen LogP contribution in [0.15, 0.2) is 23.1 Å². The highest BCUT2D eigenvalue weighted by atomic mass is 32.2. The van der Waals surface area contributed by atoms with Gasteiger partial charge in [-0.05, 0) is 30.4 Å². The fourth-order valence-electron chi connectivity index (χ4n) is 1.40. The lowest BCUT2D eigenvalue weighted by Crippen LogP contribution is -2.01. The number of anilines is 1. The third kappa shape index (κ3) is 1.85. The monoisotopic (exact) mass is 209 g/mol. The van der Waals surface area contributed by atoms with Crippen molar-refractivity contribution in [1.29, 1.82) is 0 Å². The predicted molar refractivity (Wildman–Crippen MR) is 57.2 cm³/mol. The highest BCUT2D eigenvalue weighted by Crippen LogP contribution is 2.31. The largest absolute Gasteiger partial charge is 0.478 e. The maximum absolute atomic E-state index is 10.7. The number of hydrogen-bond acceptors (Lipinski definition) is 3. The molecule has 1 aliphatic rings. The number of fused-ring (bicyclic) bond motifs is 1. The molecular formula is C10H11NO2S. The van der Waals surface area contributed by atoms with Crippen molar-refractivity contribution in [2.24, 2.45) is 0 Å². The Morgan fingerprint density at radius 3 is 3.14 bits per heavy atom. The van der Waals surface area contributed by atoms with Crippen molar-refractivity contribution < 1.29 is 9.90 Å². The van der Waals surface area contributed by atoms with Gasteiger partial charge in [0.2, 0.25) is 0 Å². The Balaban J connectivity index is 2.37. The van der Waals surface area contributed by atoms with Crippen LogP contribution in [-0.2, 0) is 0 Å². The van der Waals surface area contributed by atoms with Crippen molar-refractivity contribution in [3.63, 3.8) is 0 Å². The number of carbonyl (C=O) groups is 1. The Bertz CT molecular complexity index is 365. The van der Waals surface area contributed by atoms with E-state index in [1.165, 1.54) is 0 Å². The van der Waals surface area contributed by atoms with Crippen molar-refractivity contribution in [3.8, 4) is 0 Å². The third-order valence-corrected chi connectivity index (χ3v) is 3.26. The zero-order valence-corrected chi connectivity index (χ0v) is 8.43. The summed E-state index contributed by atoms with van der Waals surface area (Å²) in [5.74, 6) is 0.181. The molecule has 2 N–H and O–H groups in total. The number of carboxylic acids is 1. The predicted octanol–water partition coefficient (Wildman–Crippen LogP) is 2.29. The van der Waals surface area contributed by atoms with E-state index < -0.39 is 5.97 Å². The first kappa shape index (κ1) is 9.40. The minimum Gasteiger partial charge on any atom is -0.478 e. The Kier molecular flexibility index (Phi) is 2.63. The van der Waals surface area contributed by atoms with Crippen LogP contribution in [0.25, 0.3) is 0 Å². The summed E-state index contributed by atoms with van der Waals surface area (Å²) in [5.41, 5.74) is 1.41. The first-order valence-corrected chi connectivity index (χ1v) is 5.50. The van der Waals surface area contributed by atoms with Crippen molar-refractivity contribution >= 4 is 23.4 Å². The van der Waals surface area contributed by atoms with E-state index in [1.54, 1.807) is 23.9 Å². The molecule has 0 amide bonds.